The summed E-state index contributed by atoms with van der Waals surface area (Å²) in [6.07, 6.45) is 0. The summed E-state index contributed by atoms with van der Waals surface area (Å²) in [6, 6.07) is 3.10. The number of rotatable bonds is 4. The zero-order chi connectivity index (χ0) is 13.0. The molecule has 1 amide bonds. The highest BCUT2D eigenvalue weighted by atomic mass is 16.2. The first-order valence-corrected chi connectivity index (χ1v) is 5.65. The van der Waals surface area contributed by atoms with Gasteiger partial charge in [-0.1, -0.05) is 13.8 Å². The molecule has 0 bridgehead atoms. The van der Waals surface area contributed by atoms with E-state index < -0.39 is 0 Å². The van der Waals surface area contributed by atoms with E-state index in [1.165, 1.54) is 6.07 Å². The Morgan fingerprint density at radius 3 is 2.65 bits per heavy atom. The fourth-order valence-corrected chi connectivity index (χ4v) is 1.29. The molecule has 1 aromatic rings. The van der Waals surface area contributed by atoms with Crippen LogP contribution in [0, 0.1) is 12.8 Å². The van der Waals surface area contributed by atoms with Crippen LogP contribution in [0.3, 0.4) is 0 Å². The summed E-state index contributed by atoms with van der Waals surface area (Å²) >= 11 is 0. The van der Waals surface area contributed by atoms with Gasteiger partial charge in [-0.15, -0.1) is 0 Å². The van der Waals surface area contributed by atoms with Gasteiger partial charge < -0.3 is 16.0 Å². The van der Waals surface area contributed by atoms with Crippen LogP contribution in [-0.2, 0) is 0 Å². The fourth-order valence-electron chi connectivity index (χ4n) is 1.29. The standard InChI is InChI=1S/C12H19N3O2/c1-7(2)10(13)6-14-11(16)9-5-4-8(3)15-12(9)17/h4-5,7,10H,6,13H2,1-3H3,(H,14,16)(H,15,17). The third kappa shape index (κ3) is 3.71. The number of pyridine rings is 1. The molecule has 0 aliphatic rings. The van der Waals surface area contributed by atoms with Crippen LogP contribution in [0.5, 0.6) is 0 Å². The Hall–Kier alpha value is -1.62. The number of nitrogens with two attached hydrogens (primary N) is 1. The summed E-state index contributed by atoms with van der Waals surface area (Å²) in [5.41, 5.74) is 6.27. The van der Waals surface area contributed by atoms with Crippen molar-refractivity contribution >= 4 is 5.91 Å². The molecular formula is C12H19N3O2. The lowest BCUT2D eigenvalue weighted by Gasteiger charge is -2.15. The number of H-pyrrole nitrogens is 1. The van der Waals surface area contributed by atoms with Crippen molar-refractivity contribution in [2.75, 3.05) is 6.54 Å². The molecule has 1 rings (SSSR count). The number of hydrogen-bond donors (Lipinski definition) is 3. The molecule has 0 saturated heterocycles. The molecule has 1 heterocycles. The van der Waals surface area contributed by atoms with Crippen molar-refractivity contribution in [1.29, 1.82) is 0 Å². The normalized spacial score (nSPS) is 12.5. The molecule has 5 nitrogen and oxygen atoms in total. The number of carbonyl (C=O) groups is 1. The Bertz CT molecular complexity index is 451. The van der Waals surface area contributed by atoms with E-state index in [-0.39, 0.29) is 29.0 Å². The second kappa shape index (κ2) is 5.63. The van der Waals surface area contributed by atoms with Gasteiger partial charge in [0.05, 0.1) is 0 Å². The summed E-state index contributed by atoms with van der Waals surface area (Å²) in [7, 11) is 0. The summed E-state index contributed by atoms with van der Waals surface area (Å²) in [6.45, 7) is 6.09. The van der Waals surface area contributed by atoms with Crippen LogP contribution < -0.4 is 16.6 Å². The van der Waals surface area contributed by atoms with Gasteiger partial charge in [-0.05, 0) is 25.0 Å². The van der Waals surface area contributed by atoms with Gasteiger partial charge in [0, 0.05) is 18.3 Å². The Morgan fingerprint density at radius 2 is 2.12 bits per heavy atom. The first-order chi connectivity index (χ1) is 7.91. The molecule has 17 heavy (non-hydrogen) atoms. The molecule has 1 aromatic heterocycles. The van der Waals surface area contributed by atoms with Crippen LogP contribution in [0.4, 0.5) is 0 Å². The second-order valence-corrected chi connectivity index (χ2v) is 4.50. The molecule has 0 fully saturated rings. The van der Waals surface area contributed by atoms with Crippen molar-refractivity contribution in [3.63, 3.8) is 0 Å². The Balaban J connectivity index is 2.68. The van der Waals surface area contributed by atoms with Crippen molar-refractivity contribution in [2.24, 2.45) is 11.7 Å². The van der Waals surface area contributed by atoms with Gasteiger partial charge >= 0.3 is 0 Å². The number of amides is 1. The number of hydrogen-bond acceptors (Lipinski definition) is 3. The van der Waals surface area contributed by atoms with E-state index in [0.717, 1.165) is 5.69 Å². The van der Waals surface area contributed by atoms with E-state index in [2.05, 4.69) is 10.3 Å². The van der Waals surface area contributed by atoms with Gasteiger partial charge in [-0.25, -0.2) is 0 Å². The molecular weight excluding hydrogens is 218 g/mol. The lowest BCUT2D eigenvalue weighted by Crippen LogP contribution is -2.41. The van der Waals surface area contributed by atoms with Crippen LogP contribution >= 0.6 is 0 Å². The van der Waals surface area contributed by atoms with E-state index in [9.17, 15) is 9.59 Å². The van der Waals surface area contributed by atoms with E-state index in [4.69, 9.17) is 5.73 Å². The van der Waals surface area contributed by atoms with Gasteiger partial charge in [0.2, 0.25) is 0 Å². The Kier molecular flexibility index (Phi) is 4.45. The molecule has 0 aromatic carbocycles. The molecule has 1 atom stereocenters. The first kappa shape index (κ1) is 13.4. The summed E-state index contributed by atoms with van der Waals surface area (Å²) in [5.74, 6) is -0.103. The quantitative estimate of drug-likeness (QED) is 0.708. The molecule has 0 radical (unpaired) electrons. The maximum absolute atomic E-state index is 11.7. The van der Waals surface area contributed by atoms with Crippen LogP contribution in [-0.4, -0.2) is 23.5 Å². The molecule has 94 valence electrons. The highest BCUT2D eigenvalue weighted by Crippen LogP contribution is 1.97. The first-order valence-electron chi connectivity index (χ1n) is 5.65. The maximum Gasteiger partial charge on any atom is 0.260 e. The van der Waals surface area contributed by atoms with E-state index in [1.807, 2.05) is 13.8 Å². The summed E-state index contributed by atoms with van der Waals surface area (Å²) in [5, 5.41) is 2.66. The number of nitrogens with one attached hydrogen (secondary N) is 2. The highest BCUT2D eigenvalue weighted by Gasteiger charge is 2.13. The van der Waals surface area contributed by atoms with Crippen molar-refractivity contribution < 1.29 is 4.79 Å². The molecule has 1 unspecified atom stereocenters. The monoisotopic (exact) mass is 237 g/mol. The second-order valence-electron chi connectivity index (χ2n) is 4.50. The lowest BCUT2D eigenvalue weighted by molar-refractivity contribution is 0.0947. The number of carbonyl (C=O) groups excluding carboxylic acids is 1. The number of aromatic nitrogens is 1. The number of aryl methyl sites for hydroxylation is 1. The predicted octanol–water partition coefficient (Wildman–Crippen LogP) is 0.396. The average molecular weight is 237 g/mol. The molecule has 0 saturated carbocycles. The minimum Gasteiger partial charge on any atom is -0.350 e. The van der Waals surface area contributed by atoms with Gasteiger partial charge in [0.25, 0.3) is 11.5 Å². The minimum atomic E-state index is -0.387. The van der Waals surface area contributed by atoms with Crippen LogP contribution in [0.2, 0.25) is 0 Å². The van der Waals surface area contributed by atoms with Crippen molar-refractivity contribution in [2.45, 2.75) is 26.8 Å². The van der Waals surface area contributed by atoms with Gasteiger partial charge in [-0.2, -0.15) is 0 Å². The molecule has 0 aliphatic carbocycles. The van der Waals surface area contributed by atoms with Crippen LogP contribution in [0.1, 0.15) is 29.9 Å². The van der Waals surface area contributed by atoms with Crippen molar-refractivity contribution in [3.05, 3.63) is 33.7 Å². The third-order valence-corrected chi connectivity index (χ3v) is 2.65. The smallest absolute Gasteiger partial charge is 0.260 e. The van der Waals surface area contributed by atoms with Crippen LogP contribution in [0.15, 0.2) is 16.9 Å². The summed E-state index contributed by atoms with van der Waals surface area (Å²) < 4.78 is 0. The van der Waals surface area contributed by atoms with Crippen molar-refractivity contribution in [3.8, 4) is 0 Å². The van der Waals surface area contributed by atoms with Gasteiger partial charge in [-0.3, -0.25) is 9.59 Å². The highest BCUT2D eigenvalue weighted by molar-refractivity contribution is 5.93. The SMILES string of the molecule is Cc1ccc(C(=O)NCC(N)C(C)C)c(=O)[nH]1. The number of aromatic amines is 1. The third-order valence-electron chi connectivity index (χ3n) is 2.65. The fraction of sp³-hybridized carbons (Fsp3) is 0.500. The molecule has 4 N–H and O–H groups in total. The average Bonchev–Trinajstić information content (AvgIpc) is 2.25. The molecule has 0 spiro atoms. The minimum absolute atomic E-state index is 0.108. The van der Waals surface area contributed by atoms with Crippen molar-refractivity contribution in [1.82, 2.24) is 10.3 Å². The van der Waals surface area contributed by atoms with Crippen LogP contribution in [0.25, 0.3) is 0 Å². The van der Waals surface area contributed by atoms with Gasteiger partial charge in [0.1, 0.15) is 5.56 Å². The lowest BCUT2D eigenvalue weighted by atomic mass is 10.1. The van der Waals surface area contributed by atoms with E-state index in [1.54, 1.807) is 13.0 Å². The zero-order valence-corrected chi connectivity index (χ0v) is 10.4. The molecule has 0 aliphatic heterocycles. The Morgan fingerprint density at radius 1 is 1.47 bits per heavy atom. The van der Waals surface area contributed by atoms with Gasteiger partial charge in [0.15, 0.2) is 0 Å². The summed E-state index contributed by atoms with van der Waals surface area (Å²) in [4.78, 5) is 25.8. The largest absolute Gasteiger partial charge is 0.350 e. The maximum atomic E-state index is 11.7. The predicted molar refractivity (Wildman–Crippen MR) is 66.9 cm³/mol. The van der Waals surface area contributed by atoms with E-state index >= 15 is 0 Å². The molecule has 5 heteroatoms. The van der Waals surface area contributed by atoms with E-state index in [0.29, 0.717) is 6.54 Å². The zero-order valence-electron chi connectivity index (χ0n) is 10.4. The topological polar surface area (TPSA) is 88.0 Å². The Labute approximate surface area is 100 Å².